The lowest BCUT2D eigenvalue weighted by molar-refractivity contribution is -0.278. The molecule has 1 fully saturated rings. The average Bonchev–Trinajstić information content (AvgIpc) is 3.05. The molecule has 0 aliphatic carbocycles. The molecule has 0 aromatic heterocycles. The lowest BCUT2D eigenvalue weighted by Gasteiger charge is -2.46. The summed E-state index contributed by atoms with van der Waals surface area (Å²) in [7, 11) is 1.68. The molecule has 0 saturated carbocycles. The molecule has 0 N–H and O–H groups in total. The number of hydrogen-bond donors (Lipinski definition) is 0. The van der Waals surface area contributed by atoms with Gasteiger partial charge >= 0.3 is 0 Å². The van der Waals surface area contributed by atoms with Gasteiger partial charge in [-0.05, 0) is 22.3 Å². The van der Waals surface area contributed by atoms with Gasteiger partial charge in [0, 0.05) is 7.11 Å². The van der Waals surface area contributed by atoms with Gasteiger partial charge in [0.05, 0.1) is 39.6 Å². The summed E-state index contributed by atoms with van der Waals surface area (Å²) in [6.07, 6.45) is -2.08. The monoisotopic (exact) mass is 568 g/mol. The van der Waals surface area contributed by atoms with Crippen LogP contribution in [-0.2, 0) is 54.8 Å². The van der Waals surface area contributed by atoms with Crippen LogP contribution in [0.4, 0.5) is 0 Å². The third-order valence-corrected chi connectivity index (χ3v) is 7.31. The third-order valence-electron chi connectivity index (χ3n) is 7.31. The highest BCUT2D eigenvalue weighted by molar-refractivity contribution is 5.16. The van der Waals surface area contributed by atoms with Gasteiger partial charge in [-0.2, -0.15) is 0 Å². The topological polar surface area (TPSA) is 55.4 Å². The Morgan fingerprint density at radius 2 is 0.810 bits per heavy atom. The molecule has 1 aliphatic heterocycles. The molecular formula is C36H40O6. The average molecular weight is 569 g/mol. The fourth-order valence-electron chi connectivity index (χ4n) is 5.18. The molecule has 0 radical (unpaired) electrons. The van der Waals surface area contributed by atoms with Gasteiger partial charge in [-0.3, -0.25) is 0 Å². The van der Waals surface area contributed by atoms with Crippen molar-refractivity contribution in [1.82, 2.24) is 0 Å². The lowest BCUT2D eigenvalue weighted by Crippen LogP contribution is -2.62. The predicted octanol–water partition coefficient (Wildman–Crippen LogP) is 6.37. The van der Waals surface area contributed by atoms with E-state index in [2.05, 4.69) is 48.5 Å². The van der Waals surface area contributed by atoms with Crippen molar-refractivity contribution in [3.05, 3.63) is 144 Å². The zero-order chi connectivity index (χ0) is 28.8. The predicted molar refractivity (Wildman–Crippen MR) is 162 cm³/mol. The Hall–Kier alpha value is -3.36. The van der Waals surface area contributed by atoms with E-state index in [0.29, 0.717) is 39.6 Å². The van der Waals surface area contributed by atoms with E-state index in [1.165, 1.54) is 0 Å². The maximum absolute atomic E-state index is 6.70. The molecule has 5 atom stereocenters. The smallest absolute Gasteiger partial charge is 0.115 e. The Labute approximate surface area is 249 Å². The van der Waals surface area contributed by atoms with Gasteiger partial charge in [0.15, 0.2) is 0 Å². The minimum atomic E-state index is -0.446. The van der Waals surface area contributed by atoms with Crippen molar-refractivity contribution in [2.75, 3.05) is 20.3 Å². The summed E-state index contributed by atoms with van der Waals surface area (Å²) < 4.78 is 38.4. The van der Waals surface area contributed by atoms with E-state index < -0.39 is 24.4 Å². The summed E-state index contributed by atoms with van der Waals surface area (Å²) in [5.74, 6) is 0. The van der Waals surface area contributed by atoms with Gasteiger partial charge in [-0.15, -0.1) is 0 Å². The Kier molecular flexibility index (Phi) is 11.7. The SMILES string of the molecule is COCC1OC(COCc2ccccc2)C(OCc2ccccc2)C(OCc2ccccc2)C1OCc1ccccc1. The second-order valence-corrected chi connectivity index (χ2v) is 10.5. The fourth-order valence-corrected chi connectivity index (χ4v) is 5.18. The van der Waals surface area contributed by atoms with E-state index in [1.807, 2.05) is 72.8 Å². The Morgan fingerprint density at radius 1 is 0.452 bits per heavy atom. The van der Waals surface area contributed by atoms with Crippen LogP contribution in [0.15, 0.2) is 121 Å². The van der Waals surface area contributed by atoms with E-state index in [1.54, 1.807) is 7.11 Å². The van der Waals surface area contributed by atoms with Gasteiger partial charge in [0.2, 0.25) is 0 Å². The molecule has 1 saturated heterocycles. The minimum absolute atomic E-state index is 0.338. The first-order valence-corrected chi connectivity index (χ1v) is 14.5. The van der Waals surface area contributed by atoms with Crippen LogP contribution in [0.5, 0.6) is 0 Å². The van der Waals surface area contributed by atoms with Crippen LogP contribution < -0.4 is 0 Å². The summed E-state index contributed by atoms with van der Waals surface area (Å²) in [6.45, 7) is 2.41. The van der Waals surface area contributed by atoms with Crippen molar-refractivity contribution in [3.63, 3.8) is 0 Å². The molecule has 6 heteroatoms. The molecule has 0 bridgehead atoms. The molecule has 42 heavy (non-hydrogen) atoms. The van der Waals surface area contributed by atoms with Crippen LogP contribution in [0.25, 0.3) is 0 Å². The molecule has 1 aliphatic rings. The molecule has 1 heterocycles. The minimum Gasteiger partial charge on any atom is -0.382 e. The molecule has 6 nitrogen and oxygen atoms in total. The van der Waals surface area contributed by atoms with Gasteiger partial charge < -0.3 is 28.4 Å². The second kappa shape index (κ2) is 16.3. The Balaban J connectivity index is 1.40. The molecular weight excluding hydrogens is 528 g/mol. The van der Waals surface area contributed by atoms with Crippen LogP contribution in [-0.4, -0.2) is 50.8 Å². The van der Waals surface area contributed by atoms with Crippen molar-refractivity contribution in [2.45, 2.75) is 56.9 Å². The lowest BCUT2D eigenvalue weighted by atomic mass is 9.94. The molecule has 220 valence electrons. The number of hydrogen-bond acceptors (Lipinski definition) is 6. The van der Waals surface area contributed by atoms with E-state index in [9.17, 15) is 0 Å². The van der Waals surface area contributed by atoms with E-state index in [4.69, 9.17) is 28.4 Å². The first kappa shape index (κ1) is 30.1. The second-order valence-electron chi connectivity index (χ2n) is 10.5. The zero-order valence-electron chi connectivity index (χ0n) is 24.1. The van der Waals surface area contributed by atoms with Gasteiger partial charge in [-0.1, -0.05) is 121 Å². The standard InChI is InChI=1S/C36H40O6/c1-37-26-32-34(39-23-29-16-8-3-9-17-29)36(41-25-31-20-12-5-13-21-31)35(40-24-30-18-10-4-11-19-30)33(42-32)27-38-22-28-14-6-2-7-15-28/h2-21,32-36H,22-27H2,1H3. The third kappa shape index (κ3) is 8.82. The number of rotatable bonds is 15. The molecule has 4 aromatic rings. The maximum atomic E-state index is 6.70. The quantitative estimate of drug-likeness (QED) is 0.166. The van der Waals surface area contributed by atoms with E-state index >= 15 is 0 Å². The van der Waals surface area contributed by atoms with E-state index in [-0.39, 0.29) is 6.10 Å². The summed E-state index contributed by atoms with van der Waals surface area (Å²) in [6, 6.07) is 40.6. The molecule has 5 unspecified atom stereocenters. The van der Waals surface area contributed by atoms with Crippen LogP contribution in [0, 0.1) is 0 Å². The number of ether oxygens (including phenoxy) is 6. The normalized spacial score (nSPS) is 22.2. The van der Waals surface area contributed by atoms with Gasteiger partial charge in [0.1, 0.15) is 30.5 Å². The summed E-state index contributed by atoms with van der Waals surface area (Å²) in [4.78, 5) is 0. The highest BCUT2D eigenvalue weighted by atomic mass is 16.6. The van der Waals surface area contributed by atoms with E-state index in [0.717, 1.165) is 22.3 Å². The van der Waals surface area contributed by atoms with Crippen LogP contribution in [0.1, 0.15) is 22.3 Å². The van der Waals surface area contributed by atoms with Crippen LogP contribution in [0.2, 0.25) is 0 Å². The highest BCUT2D eigenvalue weighted by Crippen LogP contribution is 2.31. The number of benzene rings is 4. The zero-order valence-corrected chi connectivity index (χ0v) is 24.1. The van der Waals surface area contributed by atoms with Crippen molar-refractivity contribution in [2.24, 2.45) is 0 Å². The summed E-state index contributed by atoms with van der Waals surface area (Å²) >= 11 is 0. The first-order valence-electron chi connectivity index (χ1n) is 14.5. The Morgan fingerprint density at radius 3 is 1.21 bits per heavy atom. The molecule has 0 amide bonds. The summed E-state index contributed by atoms with van der Waals surface area (Å²) in [5, 5.41) is 0. The molecule has 5 rings (SSSR count). The molecule has 4 aromatic carbocycles. The largest absolute Gasteiger partial charge is 0.382 e. The highest BCUT2D eigenvalue weighted by Gasteiger charge is 2.48. The van der Waals surface area contributed by atoms with Crippen molar-refractivity contribution in [1.29, 1.82) is 0 Å². The number of methoxy groups -OCH3 is 1. The fraction of sp³-hybridized carbons (Fsp3) is 0.333. The van der Waals surface area contributed by atoms with Crippen LogP contribution >= 0.6 is 0 Å². The first-order chi connectivity index (χ1) is 20.8. The summed E-state index contributed by atoms with van der Waals surface area (Å²) in [5.41, 5.74) is 4.33. The van der Waals surface area contributed by atoms with Gasteiger partial charge in [0.25, 0.3) is 0 Å². The molecule has 0 spiro atoms. The maximum Gasteiger partial charge on any atom is 0.115 e. The van der Waals surface area contributed by atoms with Crippen molar-refractivity contribution >= 4 is 0 Å². The van der Waals surface area contributed by atoms with Crippen molar-refractivity contribution < 1.29 is 28.4 Å². The van der Waals surface area contributed by atoms with Crippen LogP contribution in [0.3, 0.4) is 0 Å². The van der Waals surface area contributed by atoms with Crippen molar-refractivity contribution in [3.8, 4) is 0 Å². The van der Waals surface area contributed by atoms with Gasteiger partial charge in [-0.25, -0.2) is 0 Å². The Bertz CT molecular complexity index is 1270.